The second kappa shape index (κ2) is 8.83. The summed E-state index contributed by atoms with van der Waals surface area (Å²) in [6, 6.07) is 0. The molecule has 0 aliphatic heterocycles. The highest BCUT2D eigenvalue weighted by atomic mass is 16.3. The van der Waals surface area contributed by atoms with Crippen molar-refractivity contribution in [3.8, 4) is 0 Å². The lowest BCUT2D eigenvalue weighted by Crippen LogP contribution is -2.68. The van der Waals surface area contributed by atoms with Gasteiger partial charge in [0.2, 0.25) is 0 Å². The van der Waals surface area contributed by atoms with Gasteiger partial charge in [0.15, 0.2) is 0 Å². The molecule has 3 N–H and O–H groups in total. The largest absolute Gasteiger partial charge is 0.393 e. The van der Waals surface area contributed by atoms with E-state index in [1.165, 1.54) is 44.9 Å². The van der Waals surface area contributed by atoms with Gasteiger partial charge in [0.25, 0.3) is 0 Å². The van der Waals surface area contributed by atoms with Crippen LogP contribution in [-0.4, -0.2) is 33.1 Å². The summed E-state index contributed by atoms with van der Waals surface area (Å²) in [6.45, 7) is 14.5. The van der Waals surface area contributed by atoms with Crippen LogP contribution < -0.4 is 0 Å². The van der Waals surface area contributed by atoms with Gasteiger partial charge in [0.05, 0.1) is 17.8 Å². The Balaban J connectivity index is 1.51. The van der Waals surface area contributed by atoms with Gasteiger partial charge in [-0.05, 0) is 98.2 Å². The van der Waals surface area contributed by atoms with Crippen LogP contribution in [0.1, 0.15) is 112 Å². The predicted molar refractivity (Wildman–Crippen MR) is 131 cm³/mol. The van der Waals surface area contributed by atoms with Gasteiger partial charge < -0.3 is 15.3 Å². The number of hydrogen-bond donors (Lipinski definition) is 3. The van der Waals surface area contributed by atoms with E-state index >= 15 is 0 Å². The third kappa shape index (κ3) is 3.72. The highest BCUT2D eigenvalue weighted by Gasteiger charge is 2.67. The summed E-state index contributed by atoms with van der Waals surface area (Å²) in [4.78, 5) is 0. The summed E-state index contributed by atoms with van der Waals surface area (Å²) in [6.07, 6.45) is 10.7. The van der Waals surface area contributed by atoms with E-state index in [4.69, 9.17) is 0 Å². The van der Waals surface area contributed by atoms with Crippen molar-refractivity contribution in [2.24, 2.45) is 52.3 Å². The van der Waals surface area contributed by atoms with Crippen LogP contribution >= 0.6 is 0 Å². The molecule has 4 aliphatic carbocycles. The summed E-state index contributed by atoms with van der Waals surface area (Å²) in [5.74, 6) is 4.92. The minimum atomic E-state index is -1.11. The van der Waals surface area contributed by atoms with Gasteiger partial charge in [-0.2, -0.15) is 0 Å². The molecule has 0 unspecified atom stereocenters. The fourth-order valence-corrected chi connectivity index (χ4v) is 9.92. The minimum absolute atomic E-state index is 0.259. The zero-order chi connectivity index (χ0) is 23.5. The standard InChI is InChI=1S/C29H52O3/c1-7-20(18(2)3)9-8-19(4)23-10-11-24-22-16-26(31)29(32)17-21(30)12-15-28(29,6)25(22)13-14-27(23,24)5/h18-26,30-32H,7-17H2,1-6H3/t19-,20-,21+,22+,23-,24+,25+,26+,27-,28-,29+/m1/s1. The van der Waals surface area contributed by atoms with Crippen LogP contribution in [0.4, 0.5) is 0 Å². The van der Waals surface area contributed by atoms with Crippen molar-refractivity contribution in [2.45, 2.75) is 130 Å². The molecule has 4 fully saturated rings. The van der Waals surface area contributed by atoms with Crippen molar-refractivity contribution < 1.29 is 15.3 Å². The zero-order valence-corrected chi connectivity index (χ0v) is 21.8. The maximum absolute atomic E-state index is 11.7. The fourth-order valence-electron chi connectivity index (χ4n) is 9.92. The van der Waals surface area contributed by atoms with Crippen LogP contribution in [0.2, 0.25) is 0 Å². The molecular weight excluding hydrogens is 396 g/mol. The molecule has 32 heavy (non-hydrogen) atoms. The molecule has 0 aromatic rings. The van der Waals surface area contributed by atoms with Crippen molar-refractivity contribution in [1.29, 1.82) is 0 Å². The summed E-state index contributed by atoms with van der Waals surface area (Å²) in [5, 5.41) is 33.2. The lowest BCUT2D eigenvalue weighted by molar-refractivity contribution is -0.264. The molecule has 0 aromatic heterocycles. The molecular formula is C29H52O3. The van der Waals surface area contributed by atoms with Crippen molar-refractivity contribution in [3.05, 3.63) is 0 Å². The number of fused-ring (bicyclic) bond motifs is 5. The Kier molecular flexibility index (Phi) is 6.89. The number of rotatable bonds is 6. The molecule has 186 valence electrons. The molecule has 3 nitrogen and oxygen atoms in total. The maximum atomic E-state index is 11.7. The molecule has 4 aliphatic rings. The van der Waals surface area contributed by atoms with E-state index in [0.717, 1.165) is 42.9 Å². The Morgan fingerprint density at radius 2 is 1.62 bits per heavy atom. The second-order valence-electron chi connectivity index (χ2n) is 13.6. The third-order valence-electron chi connectivity index (χ3n) is 12.1. The van der Waals surface area contributed by atoms with Gasteiger partial charge in [-0.1, -0.05) is 54.4 Å². The van der Waals surface area contributed by atoms with E-state index in [1.54, 1.807) is 0 Å². The SMILES string of the molecule is CC[C@H](CC[C@@H](C)[C@H]1CC[C@H]2[C@@H]3C[C@H](O)[C@@]4(O)C[C@@H](O)CC[C@]4(C)[C@H]3CC[C@]12C)C(C)C. The Morgan fingerprint density at radius 3 is 2.28 bits per heavy atom. The van der Waals surface area contributed by atoms with Crippen LogP contribution in [0.25, 0.3) is 0 Å². The van der Waals surface area contributed by atoms with E-state index in [0.29, 0.717) is 29.6 Å². The van der Waals surface area contributed by atoms with Crippen molar-refractivity contribution in [3.63, 3.8) is 0 Å². The van der Waals surface area contributed by atoms with Crippen LogP contribution in [0, 0.1) is 52.3 Å². The van der Waals surface area contributed by atoms with Crippen LogP contribution in [0.15, 0.2) is 0 Å². The van der Waals surface area contributed by atoms with Crippen molar-refractivity contribution in [1.82, 2.24) is 0 Å². The minimum Gasteiger partial charge on any atom is -0.393 e. The first-order valence-electron chi connectivity index (χ1n) is 14.1. The van der Waals surface area contributed by atoms with Gasteiger partial charge in [-0.15, -0.1) is 0 Å². The van der Waals surface area contributed by atoms with Gasteiger partial charge in [0.1, 0.15) is 0 Å². The Morgan fingerprint density at radius 1 is 0.906 bits per heavy atom. The first-order chi connectivity index (χ1) is 15.0. The highest BCUT2D eigenvalue weighted by Crippen LogP contribution is 2.69. The summed E-state index contributed by atoms with van der Waals surface area (Å²) in [5.41, 5.74) is -0.984. The topological polar surface area (TPSA) is 60.7 Å². The molecule has 3 heteroatoms. The second-order valence-corrected chi connectivity index (χ2v) is 13.6. The Hall–Kier alpha value is -0.120. The highest BCUT2D eigenvalue weighted by molar-refractivity contribution is 5.17. The Labute approximate surface area is 197 Å². The summed E-state index contributed by atoms with van der Waals surface area (Å²) >= 11 is 0. The molecule has 0 heterocycles. The fraction of sp³-hybridized carbons (Fsp3) is 1.00. The molecule has 11 atom stereocenters. The van der Waals surface area contributed by atoms with E-state index in [9.17, 15) is 15.3 Å². The average Bonchev–Trinajstić information content (AvgIpc) is 3.08. The van der Waals surface area contributed by atoms with E-state index in [1.807, 2.05) is 0 Å². The summed E-state index contributed by atoms with van der Waals surface area (Å²) in [7, 11) is 0. The number of aliphatic hydroxyl groups is 3. The third-order valence-corrected chi connectivity index (χ3v) is 12.1. The summed E-state index contributed by atoms with van der Waals surface area (Å²) < 4.78 is 0. The van der Waals surface area contributed by atoms with Crippen molar-refractivity contribution in [2.75, 3.05) is 0 Å². The maximum Gasteiger partial charge on any atom is 0.0985 e. The van der Waals surface area contributed by atoms with Crippen LogP contribution in [-0.2, 0) is 0 Å². The van der Waals surface area contributed by atoms with E-state index in [-0.39, 0.29) is 5.41 Å². The van der Waals surface area contributed by atoms with Crippen LogP contribution in [0.5, 0.6) is 0 Å². The smallest absolute Gasteiger partial charge is 0.0985 e. The quantitative estimate of drug-likeness (QED) is 0.454. The normalized spacial score (nSPS) is 50.4. The number of aliphatic hydroxyl groups excluding tert-OH is 2. The van der Waals surface area contributed by atoms with Gasteiger partial charge in [-0.3, -0.25) is 0 Å². The number of hydrogen-bond acceptors (Lipinski definition) is 3. The molecule has 0 saturated heterocycles. The van der Waals surface area contributed by atoms with Gasteiger partial charge in [-0.25, -0.2) is 0 Å². The first kappa shape index (κ1) is 25.0. The zero-order valence-electron chi connectivity index (χ0n) is 21.8. The predicted octanol–water partition coefficient (Wildman–Crippen LogP) is 6.19. The lowest BCUT2D eigenvalue weighted by atomic mass is 9.42. The lowest BCUT2D eigenvalue weighted by Gasteiger charge is -2.65. The molecule has 0 aromatic carbocycles. The monoisotopic (exact) mass is 448 g/mol. The van der Waals surface area contributed by atoms with Gasteiger partial charge in [0, 0.05) is 11.8 Å². The molecule has 4 rings (SSSR count). The van der Waals surface area contributed by atoms with E-state index in [2.05, 4.69) is 41.5 Å². The Bertz CT molecular complexity index is 663. The van der Waals surface area contributed by atoms with Crippen LogP contribution in [0.3, 0.4) is 0 Å². The van der Waals surface area contributed by atoms with Crippen molar-refractivity contribution >= 4 is 0 Å². The molecule has 4 saturated carbocycles. The molecule has 0 radical (unpaired) electrons. The molecule has 0 bridgehead atoms. The molecule has 0 spiro atoms. The molecule has 0 amide bonds. The van der Waals surface area contributed by atoms with Gasteiger partial charge >= 0.3 is 0 Å². The average molecular weight is 449 g/mol. The van der Waals surface area contributed by atoms with E-state index < -0.39 is 17.8 Å². The first-order valence-corrected chi connectivity index (χ1v) is 14.1.